The molecular weight excluding hydrogens is 597 g/mol. The van der Waals surface area contributed by atoms with Crippen LogP contribution in [-0.4, -0.2) is 50.9 Å². The highest BCUT2D eigenvalue weighted by Crippen LogP contribution is 2.30. The van der Waals surface area contributed by atoms with Crippen molar-refractivity contribution in [3.63, 3.8) is 0 Å². The standard InChI is InChI=1S/C31H37Cl2N3O5S/c1-6-22(4)34-31(38)29(7-2)35(19-23-10-12-27(41-5)13-11-23)30(37)20-36(26-17-24(32)16-25(33)18-26)42(39,40)28-14-8-21(3)9-15-28/h8-18,22,29H,6-7,19-20H2,1-5H3,(H,34,38)/t22-,29+/m1/s1. The molecule has 8 nitrogen and oxygen atoms in total. The maximum absolute atomic E-state index is 14.2. The molecule has 0 saturated carbocycles. The molecule has 0 spiro atoms. The molecule has 0 radical (unpaired) electrons. The topological polar surface area (TPSA) is 96.0 Å². The molecule has 0 aromatic heterocycles. The first-order valence-corrected chi connectivity index (χ1v) is 15.9. The highest BCUT2D eigenvalue weighted by Gasteiger charge is 2.34. The second-order valence-corrected chi connectivity index (χ2v) is 12.8. The van der Waals surface area contributed by atoms with E-state index in [9.17, 15) is 18.0 Å². The van der Waals surface area contributed by atoms with E-state index in [1.54, 1.807) is 43.5 Å². The van der Waals surface area contributed by atoms with Crippen LogP contribution in [0.1, 0.15) is 44.7 Å². The van der Waals surface area contributed by atoms with Gasteiger partial charge in [0.2, 0.25) is 11.8 Å². The van der Waals surface area contributed by atoms with Crippen molar-refractivity contribution in [2.24, 2.45) is 0 Å². The van der Waals surface area contributed by atoms with Crippen LogP contribution in [0.5, 0.6) is 5.75 Å². The average molecular weight is 635 g/mol. The van der Waals surface area contributed by atoms with Crippen LogP contribution >= 0.6 is 23.2 Å². The third-order valence-corrected chi connectivity index (χ3v) is 9.15. The van der Waals surface area contributed by atoms with Gasteiger partial charge in [0.05, 0.1) is 17.7 Å². The summed E-state index contributed by atoms with van der Waals surface area (Å²) >= 11 is 12.5. The Labute approximate surface area is 258 Å². The van der Waals surface area contributed by atoms with Gasteiger partial charge in [0.1, 0.15) is 18.3 Å². The van der Waals surface area contributed by atoms with E-state index < -0.39 is 28.5 Å². The van der Waals surface area contributed by atoms with Crippen LogP contribution < -0.4 is 14.4 Å². The molecule has 0 unspecified atom stereocenters. The van der Waals surface area contributed by atoms with E-state index in [0.717, 1.165) is 15.4 Å². The second-order valence-electron chi connectivity index (χ2n) is 10.1. The lowest BCUT2D eigenvalue weighted by atomic mass is 10.1. The van der Waals surface area contributed by atoms with Gasteiger partial charge < -0.3 is 15.0 Å². The number of methoxy groups -OCH3 is 1. The van der Waals surface area contributed by atoms with Gasteiger partial charge in [-0.2, -0.15) is 0 Å². The van der Waals surface area contributed by atoms with Crippen LogP contribution in [0.25, 0.3) is 0 Å². The van der Waals surface area contributed by atoms with Gasteiger partial charge in [-0.1, -0.05) is 66.9 Å². The van der Waals surface area contributed by atoms with E-state index in [1.165, 1.54) is 35.2 Å². The molecule has 0 saturated heterocycles. The largest absolute Gasteiger partial charge is 0.497 e. The summed E-state index contributed by atoms with van der Waals surface area (Å²) in [4.78, 5) is 29.0. The van der Waals surface area contributed by atoms with Crippen LogP contribution in [0.4, 0.5) is 5.69 Å². The first-order chi connectivity index (χ1) is 19.9. The summed E-state index contributed by atoms with van der Waals surface area (Å²) in [6.45, 7) is 6.99. The van der Waals surface area contributed by atoms with Crippen molar-refractivity contribution < 1.29 is 22.7 Å². The lowest BCUT2D eigenvalue weighted by Gasteiger charge is -2.33. The third kappa shape index (κ3) is 8.40. The monoisotopic (exact) mass is 633 g/mol. The minimum absolute atomic E-state index is 0.000238. The van der Waals surface area contributed by atoms with Crippen LogP contribution in [0, 0.1) is 6.92 Å². The molecule has 1 N–H and O–H groups in total. The van der Waals surface area contributed by atoms with Gasteiger partial charge in [0.15, 0.2) is 0 Å². The highest BCUT2D eigenvalue weighted by atomic mass is 35.5. The second kappa shape index (κ2) is 14.8. The summed E-state index contributed by atoms with van der Waals surface area (Å²) < 4.78 is 34.2. The first kappa shape index (κ1) is 33.2. The molecule has 42 heavy (non-hydrogen) atoms. The zero-order valence-electron chi connectivity index (χ0n) is 24.4. The Morgan fingerprint density at radius 2 is 1.52 bits per heavy atom. The number of hydrogen-bond donors (Lipinski definition) is 1. The number of nitrogens with zero attached hydrogens (tertiary/aromatic N) is 2. The fourth-order valence-corrected chi connectivity index (χ4v) is 6.25. The molecular formula is C31H37Cl2N3O5S. The van der Waals surface area contributed by atoms with Crippen molar-refractivity contribution >= 4 is 50.7 Å². The van der Waals surface area contributed by atoms with E-state index in [1.807, 2.05) is 27.7 Å². The number of ether oxygens (including phenoxy) is 1. The number of amides is 2. The minimum Gasteiger partial charge on any atom is -0.497 e. The number of anilines is 1. The maximum Gasteiger partial charge on any atom is 0.264 e. The van der Waals surface area contributed by atoms with Gasteiger partial charge in [-0.15, -0.1) is 0 Å². The van der Waals surface area contributed by atoms with Crippen LogP contribution in [0.2, 0.25) is 10.0 Å². The summed E-state index contributed by atoms with van der Waals surface area (Å²) in [6.07, 6.45) is 1.03. The number of nitrogens with one attached hydrogen (secondary N) is 1. The Kier molecular flexibility index (Phi) is 11.7. The minimum atomic E-state index is -4.24. The molecule has 2 atom stereocenters. The number of hydrogen-bond acceptors (Lipinski definition) is 5. The van der Waals surface area contributed by atoms with Gasteiger partial charge in [-0.05, 0) is 74.7 Å². The quantitative estimate of drug-likeness (QED) is 0.241. The Morgan fingerprint density at radius 3 is 2.05 bits per heavy atom. The molecule has 2 amide bonds. The molecule has 0 heterocycles. The van der Waals surface area contributed by atoms with Crippen molar-refractivity contribution in [1.82, 2.24) is 10.2 Å². The number of rotatable bonds is 13. The van der Waals surface area contributed by atoms with Gasteiger partial charge in [0, 0.05) is 22.6 Å². The predicted molar refractivity (Wildman–Crippen MR) is 168 cm³/mol. The molecule has 0 aliphatic rings. The van der Waals surface area contributed by atoms with Crippen LogP contribution in [0.15, 0.2) is 71.6 Å². The molecule has 3 aromatic carbocycles. The van der Waals surface area contributed by atoms with E-state index in [4.69, 9.17) is 27.9 Å². The number of carbonyl (C=O) groups excluding carboxylic acids is 2. The summed E-state index contributed by atoms with van der Waals surface area (Å²) in [6, 6.07) is 16.9. The molecule has 3 aromatic rings. The van der Waals surface area contributed by atoms with Crippen molar-refractivity contribution in [1.29, 1.82) is 0 Å². The van der Waals surface area contributed by atoms with Crippen molar-refractivity contribution in [3.8, 4) is 5.75 Å². The number of sulfonamides is 1. The van der Waals surface area contributed by atoms with Crippen LogP contribution in [0.3, 0.4) is 0 Å². The van der Waals surface area contributed by atoms with E-state index in [2.05, 4.69) is 5.32 Å². The van der Waals surface area contributed by atoms with Crippen molar-refractivity contribution in [3.05, 3.63) is 87.9 Å². The molecule has 0 bridgehead atoms. The number of carbonyl (C=O) groups is 2. The predicted octanol–water partition coefficient (Wildman–Crippen LogP) is 6.23. The molecule has 11 heteroatoms. The highest BCUT2D eigenvalue weighted by molar-refractivity contribution is 7.92. The first-order valence-electron chi connectivity index (χ1n) is 13.7. The van der Waals surface area contributed by atoms with Crippen molar-refractivity contribution in [2.75, 3.05) is 18.0 Å². The number of benzene rings is 3. The molecule has 0 fully saturated rings. The summed E-state index contributed by atoms with van der Waals surface area (Å²) in [7, 11) is -2.68. The van der Waals surface area contributed by atoms with Crippen molar-refractivity contribution in [2.45, 2.75) is 64.1 Å². The molecule has 0 aliphatic carbocycles. The van der Waals surface area contributed by atoms with Gasteiger partial charge >= 0.3 is 0 Å². The molecule has 3 rings (SSSR count). The lowest BCUT2D eigenvalue weighted by molar-refractivity contribution is -0.140. The Morgan fingerprint density at radius 1 is 0.929 bits per heavy atom. The van der Waals surface area contributed by atoms with E-state index in [-0.39, 0.29) is 39.1 Å². The van der Waals surface area contributed by atoms with Gasteiger partial charge in [-0.25, -0.2) is 8.42 Å². The fourth-order valence-electron chi connectivity index (χ4n) is 4.34. The average Bonchev–Trinajstić information content (AvgIpc) is 2.95. The summed E-state index contributed by atoms with van der Waals surface area (Å²) in [5, 5.41) is 3.38. The number of aryl methyl sites for hydroxylation is 1. The normalized spacial score (nSPS) is 12.7. The fraction of sp³-hybridized carbons (Fsp3) is 0.355. The molecule has 0 aliphatic heterocycles. The summed E-state index contributed by atoms with van der Waals surface area (Å²) in [5.74, 6) is -0.234. The smallest absolute Gasteiger partial charge is 0.264 e. The Balaban J connectivity index is 2.09. The van der Waals surface area contributed by atoms with Crippen LogP contribution in [-0.2, 0) is 26.2 Å². The number of halogens is 2. The Bertz CT molecular complexity index is 1460. The third-order valence-electron chi connectivity index (χ3n) is 6.92. The maximum atomic E-state index is 14.2. The summed E-state index contributed by atoms with van der Waals surface area (Å²) in [5.41, 5.74) is 1.76. The van der Waals surface area contributed by atoms with Gasteiger partial charge in [-0.3, -0.25) is 13.9 Å². The SMILES string of the molecule is CC[C@@H](C)NC(=O)[C@H](CC)N(Cc1ccc(OC)cc1)C(=O)CN(c1cc(Cl)cc(Cl)c1)S(=O)(=O)c1ccc(C)cc1. The zero-order valence-corrected chi connectivity index (χ0v) is 26.8. The Hall–Kier alpha value is -3.27. The van der Waals surface area contributed by atoms with E-state index >= 15 is 0 Å². The zero-order chi connectivity index (χ0) is 31.0. The molecule has 226 valence electrons. The lowest BCUT2D eigenvalue weighted by Crippen LogP contribution is -2.53. The van der Waals surface area contributed by atoms with Gasteiger partial charge in [0.25, 0.3) is 10.0 Å². The van der Waals surface area contributed by atoms with E-state index in [0.29, 0.717) is 18.6 Å².